The number of fused-ring (bicyclic) bond motifs is 1. The Hall–Kier alpha value is -3.88. The van der Waals surface area contributed by atoms with E-state index in [-0.39, 0.29) is 12.4 Å². The molecule has 0 saturated carbocycles. The number of amides is 2. The number of hydrazone groups is 1. The van der Waals surface area contributed by atoms with Gasteiger partial charge in [0.05, 0.1) is 32.0 Å². The van der Waals surface area contributed by atoms with Crippen molar-refractivity contribution >= 4 is 28.9 Å². The van der Waals surface area contributed by atoms with Crippen LogP contribution in [0, 0.1) is 5.82 Å². The van der Waals surface area contributed by atoms with Gasteiger partial charge in [0.2, 0.25) is 0 Å². The van der Waals surface area contributed by atoms with Gasteiger partial charge >= 0.3 is 0 Å². The van der Waals surface area contributed by atoms with Gasteiger partial charge in [-0.3, -0.25) is 9.59 Å². The zero-order valence-corrected chi connectivity index (χ0v) is 16.5. The highest BCUT2D eigenvalue weighted by molar-refractivity contribution is 6.00. The number of nitrogens with zero attached hydrogens (tertiary/aromatic N) is 1. The van der Waals surface area contributed by atoms with Crippen LogP contribution in [0.15, 0.2) is 47.7 Å². The van der Waals surface area contributed by atoms with E-state index in [0.29, 0.717) is 40.1 Å². The predicted molar refractivity (Wildman–Crippen MR) is 110 cm³/mol. The second-order valence-electron chi connectivity index (χ2n) is 6.18. The highest BCUT2D eigenvalue weighted by Gasteiger charge is 2.12. The van der Waals surface area contributed by atoms with Gasteiger partial charge in [-0.1, -0.05) is 12.1 Å². The molecule has 0 spiro atoms. The van der Waals surface area contributed by atoms with Crippen LogP contribution >= 0.6 is 0 Å². The van der Waals surface area contributed by atoms with Crippen molar-refractivity contribution in [2.45, 2.75) is 6.92 Å². The number of H-pyrrole nitrogens is 1. The predicted octanol–water partition coefficient (Wildman–Crippen LogP) is 2.59. The van der Waals surface area contributed by atoms with Gasteiger partial charge in [0.15, 0.2) is 11.5 Å². The number of carbonyl (C=O) groups excluding carboxylic acids is 2. The monoisotopic (exact) mass is 412 g/mol. The van der Waals surface area contributed by atoms with Crippen molar-refractivity contribution in [3.05, 3.63) is 59.5 Å². The van der Waals surface area contributed by atoms with Crippen LogP contribution in [0.25, 0.3) is 10.9 Å². The van der Waals surface area contributed by atoms with Crippen LogP contribution < -0.4 is 20.2 Å². The zero-order valence-electron chi connectivity index (χ0n) is 16.5. The van der Waals surface area contributed by atoms with Crippen LogP contribution in [0.2, 0.25) is 0 Å². The molecule has 0 radical (unpaired) electrons. The van der Waals surface area contributed by atoms with Crippen LogP contribution in [0.4, 0.5) is 4.39 Å². The maximum atomic E-state index is 13.7. The minimum absolute atomic E-state index is 0.270. The molecule has 0 aliphatic heterocycles. The number of nitrogens with one attached hydrogen (secondary N) is 3. The fourth-order valence-corrected chi connectivity index (χ4v) is 2.81. The minimum Gasteiger partial charge on any atom is -0.493 e. The molecule has 2 amide bonds. The van der Waals surface area contributed by atoms with Crippen LogP contribution in [0.5, 0.6) is 11.5 Å². The van der Waals surface area contributed by atoms with E-state index in [2.05, 4.69) is 20.8 Å². The molecule has 30 heavy (non-hydrogen) atoms. The number of aromatic nitrogens is 1. The first-order chi connectivity index (χ1) is 14.5. The normalized spacial score (nSPS) is 10.9. The van der Waals surface area contributed by atoms with Crippen LogP contribution in [0.1, 0.15) is 22.8 Å². The Morgan fingerprint density at radius 1 is 1.23 bits per heavy atom. The number of ether oxygens (including phenoxy) is 2. The van der Waals surface area contributed by atoms with E-state index in [9.17, 15) is 14.0 Å². The van der Waals surface area contributed by atoms with E-state index in [4.69, 9.17) is 9.47 Å². The topological polar surface area (TPSA) is 105 Å². The lowest BCUT2D eigenvalue weighted by Crippen LogP contribution is -2.34. The zero-order chi connectivity index (χ0) is 21.5. The highest BCUT2D eigenvalue weighted by atomic mass is 19.1. The lowest BCUT2D eigenvalue weighted by Gasteiger charge is -2.11. The third-order valence-corrected chi connectivity index (χ3v) is 4.22. The van der Waals surface area contributed by atoms with Crippen LogP contribution in [-0.4, -0.2) is 43.3 Å². The summed E-state index contributed by atoms with van der Waals surface area (Å²) in [6.07, 6.45) is 2.99. The molecule has 1 heterocycles. The van der Waals surface area contributed by atoms with Gasteiger partial charge in [0.1, 0.15) is 5.82 Å². The number of methoxy groups -OCH3 is 1. The number of hydrogen-bond donors (Lipinski definition) is 3. The molecule has 0 aliphatic carbocycles. The molecule has 0 bridgehead atoms. The first kappa shape index (κ1) is 20.8. The average Bonchev–Trinajstić information content (AvgIpc) is 3.17. The molecule has 156 valence electrons. The smallest absolute Gasteiger partial charge is 0.259 e. The molecule has 0 atom stereocenters. The van der Waals surface area contributed by atoms with Gasteiger partial charge < -0.3 is 19.8 Å². The van der Waals surface area contributed by atoms with Crippen LogP contribution in [0.3, 0.4) is 0 Å². The van der Waals surface area contributed by atoms with E-state index in [1.165, 1.54) is 25.5 Å². The molecule has 0 saturated heterocycles. The SMILES string of the molecule is CCOc1ccc(C(=O)NCC(=O)NN=Cc2c[nH]c3c(F)cccc23)cc1OC. The standard InChI is InChI=1S/C21H21FN4O4/c1-3-30-17-8-7-13(9-18(17)29-2)21(28)24-12-19(27)26-25-11-14-10-23-20-15(14)5-4-6-16(20)22/h4-11,23H,3,12H2,1-2H3,(H,24,28)(H,26,27). The van der Waals surface area contributed by atoms with Crippen LogP contribution in [-0.2, 0) is 4.79 Å². The number of benzene rings is 2. The summed E-state index contributed by atoms with van der Waals surface area (Å²) in [5.41, 5.74) is 3.63. The lowest BCUT2D eigenvalue weighted by molar-refractivity contribution is -0.120. The third kappa shape index (κ3) is 4.75. The fraction of sp³-hybridized carbons (Fsp3) is 0.190. The minimum atomic E-state index is -0.511. The second kappa shape index (κ2) is 9.55. The van der Waals surface area contributed by atoms with Crippen molar-refractivity contribution in [1.29, 1.82) is 0 Å². The number of rotatable bonds is 8. The Kier molecular flexibility index (Phi) is 6.63. The maximum absolute atomic E-state index is 13.7. The van der Waals surface area contributed by atoms with E-state index in [1.54, 1.807) is 30.5 Å². The van der Waals surface area contributed by atoms with Crippen molar-refractivity contribution in [2.75, 3.05) is 20.3 Å². The largest absolute Gasteiger partial charge is 0.493 e. The van der Waals surface area contributed by atoms with Gasteiger partial charge in [0.25, 0.3) is 11.8 Å². The Morgan fingerprint density at radius 2 is 2.07 bits per heavy atom. The van der Waals surface area contributed by atoms with Gasteiger partial charge in [-0.05, 0) is 31.2 Å². The van der Waals surface area contributed by atoms with E-state index in [0.717, 1.165) is 0 Å². The molecule has 3 aromatic rings. The average molecular weight is 412 g/mol. The Balaban J connectivity index is 1.54. The summed E-state index contributed by atoms with van der Waals surface area (Å²) in [6.45, 7) is 2.04. The maximum Gasteiger partial charge on any atom is 0.259 e. The van der Waals surface area contributed by atoms with Gasteiger partial charge in [-0.15, -0.1) is 0 Å². The fourth-order valence-electron chi connectivity index (χ4n) is 2.81. The number of hydrogen-bond acceptors (Lipinski definition) is 5. The summed E-state index contributed by atoms with van der Waals surface area (Å²) in [4.78, 5) is 27.0. The molecule has 0 unspecified atom stereocenters. The van der Waals surface area contributed by atoms with Crippen molar-refractivity contribution < 1.29 is 23.5 Å². The Bertz CT molecular complexity index is 1090. The van der Waals surface area contributed by atoms with E-state index >= 15 is 0 Å². The molecule has 0 aliphatic rings. The van der Waals surface area contributed by atoms with Gasteiger partial charge in [-0.25, -0.2) is 9.82 Å². The third-order valence-electron chi connectivity index (χ3n) is 4.22. The van der Waals surface area contributed by atoms with Crippen molar-refractivity contribution in [3.63, 3.8) is 0 Å². The summed E-state index contributed by atoms with van der Waals surface area (Å²) in [5, 5.41) is 7.00. The molecule has 0 fully saturated rings. The summed E-state index contributed by atoms with van der Waals surface area (Å²) in [6, 6.07) is 9.42. The van der Waals surface area contributed by atoms with Crippen molar-refractivity contribution in [2.24, 2.45) is 5.10 Å². The lowest BCUT2D eigenvalue weighted by atomic mass is 10.2. The molecule has 8 nitrogen and oxygen atoms in total. The molecular formula is C21H21FN4O4. The number of carbonyl (C=O) groups is 2. The van der Waals surface area contributed by atoms with Crippen molar-refractivity contribution in [1.82, 2.24) is 15.7 Å². The molecular weight excluding hydrogens is 391 g/mol. The Labute approximate surface area is 172 Å². The quantitative estimate of drug-likeness (QED) is 0.391. The first-order valence-corrected chi connectivity index (χ1v) is 9.20. The number of para-hydroxylation sites is 1. The molecule has 3 rings (SSSR count). The van der Waals surface area contributed by atoms with Gasteiger partial charge in [-0.2, -0.15) is 5.10 Å². The molecule has 2 aromatic carbocycles. The summed E-state index contributed by atoms with van der Waals surface area (Å²) in [5.74, 6) is -0.370. The summed E-state index contributed by atoms with van der Waals surface area (Å²) in [7, 11) is 1.48. The van der Waals surface area contributed by atoms with Gasteiger partial charge in [0, 0.05) is 22.7 Å². The summed E-state index contributed by atoms with van der Waals surface area (Å²) >= 11 is 0. The second-order valence-corrected chi connectivity index (χ2v) is 6.18. The summed E-state index contributed by atoms with van der Waals surface area (Å²) < 4.78 is 24.3. The first-order valence-electron chi connectivity index (χ1n) is 9.20. The molecule has 1 aromatic heterocycles. The van der Waals surface area contributed by atoms with Crippen molar-refractivity contribution in [3.8, 4) is 11.5 Å². The van der Waals surface area contributed by atoms with E-state index < -0.39 is 11.8 Å². The molecule has 3 N–H and O–H groups in total. The Morgan fingerprint density at radius 3 is 2.83 bits per heavy atom. The number of aromatic amines is 1. The molecule has 9 heteroatoms. The van der Waals surface area contributed by atoms with E-state index in [1.807, 2.05) is 6.92 Å². The number of halogens is 1. The highest BCUT2D eigenvalue weighted by Crippen LogP contribution is 2.28.